The van der Waals surface area contributed by atoms with Gasteiger partial charge in [0.1, 0.15) is 36.3 Å². The van der Waals surface area contributed by atoms with E-state index in [1.807, 2.05) is 10.6 Å². The molecule has 71 heavy (non-hydrogen) atoms. The van der Waals surface area contributed by atoms with E-state index in [0.717, 1.165) is 0 Å². The van der Waals surface area contributed by atoms with E-state index in [-0.39, 0.29) is 36.2 Å². The first kappa shape index (κ1) is 56.5. The number of carbonyl (C=O) groups is 11. The number of aliphatic carboxylic acids is 5. The van der Waals surface area contributed by atoms with Crippen LogP contribution in [0.15, 0.2) is 35.3 Å². The highest BCUT2D eigenvalue weighted by Crippen LogP contribution is 2.13. The van der Waals surface area contributed by atoms with Crippen LogP contribution in [0, 0.1) is 5.41 Å². The second kappa shape index (κ2) is 27.2. The van der Waals surface area contributed by atoms with Crippen molar-refractivity contribution in [1.29, 1.82) is 5.41 Å². The molecule has 0 spiro atoms. The van der Waals surface area contributed by atoms with Gasteiger partial charge in [-0.05, 0) is 43.5 Å². The Labute approximate surface area is 404 Å². The van der Waals surface area contributed by atoms with Gasteiger partial charge in [0.2, 0.25) is 29.5 Å². The Morgan fingerprint density at radius 1 is 0.648 bits per heavy atom. The van der Waals surface area contributed by atoms with Gasteiger partial charge in [0.05, 0.1) is 37.7 Å². The summed E-state index contributed by atoms with van der Waals surface area (Å²) in [6, 6.07) is -5.74. The summed E-state index contributed by atoms with van der Waals surface area (Å²) >= 11 is 3.79. The zero-order chi connectivity index (χ0) is 52.9. The number of carboxylic acid groups (broad SMARTS) is 5. The summed E-state index contributed by atoms with van der Waals surface area (Å²) in [5.74, 6) is -16.6. The van der Waals surface area contributed by atoms with Crippen molar-refractivity contribution in [1.82, 2.24) is 57.4 Å². The monoisotopic (exact) mass is 1020 g/mol. The molecule has 3 aromatic rings. The number of hydrogen-bond acceptors (Lipinski definition) is 17. The summed E-state index contributed by atoms with van der Waals surface area (Å²) in [6.45, 7) is -0.00625. The van der Waals surface area contributed by atoms with Gasteiger partial charge in [-0.3, -0.25) is 68.3 Å². The number of aromatic amines is 2. The molecule has 3 rings (SSSR count). The van der Waals surface area contributed by atoms with Gasteiger partial charge >= 0.3 is 29.8 Å². The molecule has 0 aliphatic heterocycles. The van der Waals surface area contributed by atoms with Crippen LogP contribution in [0.5, 0.6) is 0 Å². The number of nitrogens with one attached hydrogen (secondary N) is 11. The highest BCUT2D eigenvalue weighted by atomic mass is 32.1. The van der Waals surface area contributed by atoms with Crippen LogP contribution >= 0.6 is 12.6 Å². The van der Waals surface area contributed by atoms with Crippen molar-refractivity contribution in [3.8, 4) is 0 Å². The predicted molar refractivity (Wildman–Crippen MR) is 243 cm³/mol. The zero-order valence-electron chi connectivity index (χ0n) is 37.0. The van der Waals surface area contributed by atoms with Gasteiger partial charge in [0.25, 0.3) is 11.5 Å². The normalized spacial score (nSPS) is 13.3. The molecule has 6 amide bonds. The molecule has 31 nitrogen and oxygen atoms in total. The number of carbonyl (C=O) groups excluding carboxylic acids is 6. The molecule has 0 unspecified atom stereocenters. The molecule has 0 aliphatic carbocycles. The van der Waals surface area contributed by atoms with Crippen LogP contribution < -0.4 is 53.8 Å². The number of nitrogens with two attached hydrogens (primary N) is 1. The van der Waals surface area contributed by atoms with E-state index in [0.29, 0.717) is 11.4 Å². The molecule has 0 fully saturated rings. The summed E-state index contributed by atoms with van der Waals surface area (Å²) in [5.41, 5.74) is 6.01. The maximum atomic E-state index is 13.7. The maximum absolute atomic E-state index is 13.7. The van der Waals surface area contributed by atoms with E-state index in [1.54, 1.807) is 0 Å². The number of benzene rings is 1. The van der Waals surface area contributed by atoms with Gasteiger partial charge in [-0.1, -0.05) is 0 Å². The quantitative estimate of drug-likeness (QED) is 0.0129. The number of hydrogen-bond donors (Lipinski definition) is 18. The first-order chi connectivity index (χ1) is 33.5. The van der Waals surface area contributed by atoms with Gasteiger partial charge in [0, 0.05) is 30.0 Å². The molecule has 384 valence electrons. The summed E-state index contributed by atoms with van der Waals surface area (Å²) in [7, 11) is 0. The van der Waals surface area contributed by atoms with Crippen molar-refractivity contribution in [2.45, 2.75) is 87.7 Å². The average molecular weight is 1020 g/mol. The number of thiol groups is 1. The SMILES string of the molecule is N=C(N)NCCC[C@H](NC(=O)[C@H](CC(=O)O)NC(=O)[C@H](CCC(=O)O)NC(=O)c1ccc(NCc2cnc3[nH][nH]c(=O)c3n2)cc1)C(=O)N[C@@H](CC(=O)O)C(=O)N[C@@H](CC(=O)O)C(=O)N[C@@H](CS)C(=O)O. The number of rotatable bonds is 30. The fourth-order valence-electron chi connectivity index (χ4n) is 6.14. The molecule has 0 radical (unpaired) electrons. The molecule has 0 saturated carbocycles. The first-order valence-electron chi connectivity index (χ1n) is 20.8. The van der Waals surface area contributed by atoms with Crippen molar-refractivity contribution in [2.24, 2.45) is 5.73 Å². The van der Waals surface area contributed by atoms with E-state index < -0.39 is 157 Å². The number of amides is 6. The third-order valence-electron chi connectivity index (χ3n) is 9.67. The molecule has 6 atom stereocenters. The van der Waals surface area contributed by atoms with E-state index in [9.17, 15) is 83.1 Å². The number of H-pyrrole nitrogens is 2. The van der Waals surface area contributed by atoms with Crippen molar-refractivity contribution >= 4 is 101 Å². The van der Waals surface area contributed by atoms with Crippen LogP contribution in [0.25, 0.3) is 11.2 Å². The number of anilines is 1. The molecule has 1 aromatic carbocycles. The van der Waals surface area contributed by atoms with Gasteiger partial charge in [0.15, 0.2) is 17.1 Å². The van der Waals surface area contributed by atoms with Crippen LogP contribution in [0.1, 0.15) is 61.0 Å². The molecule has 0 aliphatic rings. The molecular formula is C39H50N14O17S. The minimum absolute atomic E-state index is 0.0347. The third-order valence-corrected chi connectivity index (χ3v) is 10.0. The van der Waals surface area contributed by atoms with E-state index in [2.05, 4.69) is 64.7 Å². The highest BCUT2D eigenvalue weighted by molar-refractivity contribution is 7.80. The van der Waals surface area contributed by atoms with Gasteiger partial charge < -0.3 is 73.8 Å². The Kier molecular flexibility index (Phi) is 21.7. The van der Waals surface area contributed by atoms with Crippen LogP contribution in [0.3, 0.4) is 0 Å². The highest BCUT2D eigenvalue weighted by Gasteiger charge is 2.35. The number of fused-ring (bicyclic) bond motifs is 1. The molecule has 0 saturated heterocycles. The Hall–Kier alpha value is -8.84. The first-order valence-corrected chi connectivity index (χ1v) is 21.5. The lowest BCUT2D eigenvalue weighted by molar-refractivity contribution is -0.144. The Morgan fingerprint density at radius 2 is 1.13 bits per heavy atom. The zero-order valence-corrected chi connectivity index (χ0v) is 37.9. The summed E-state index contributed by atoms with van der Waals surface area (Å²) in [6.07, 6.45) is -3.91. The molecule has 32 heteroatoms. The smallest absolute Gasteiger partial charge is 0.327 e. The van der Waals surface area contributed by atoms with Crippen molar-refractivity contribution in [2.75, 3.05) is 17.6 Å². The lowest BCUT2D eigenvalue weighted by Gasteiger charge is -2.26. The lowest BCUT2D eigenvalue weighted by atomic mass is 10.1. The number of carboxylic acids is 5. The van der Waals surface area contributed by atoms with E-state index >= 15 is 0 Å². The molecular weight excluding hydrogens is 969 g/mol. The van der Waals surface area contributed by atoms with Gasteiger partial charge in [-0.25, -0.2) is 14.8 Å². The molecule has 2 heterocycles. The number of guanidine groups is 1. The largest absolute Gasteiger partial charge is 0.481 e. The van der Waals surface area contributed by atoms with Gasteiger partial charge in [-0.2, -0.15) is 12.6 Å². The van der Waals surface area contributed by atoms with Crippen LogP contribution in [-0.4, -0.2) is 165 Å². The maximum Gasteiger partial charge on any atom is 0.327 e. The minimum Gasteiger partial charge on any atom is -0.481 e. The Bertz CT molecular complexity index is 2550. The predicted octanol–water partition coefficient (Wildman–Crippen LogP) is -4.65. The fourth-order valence-corrected chi connectivity index (χ4v) is 6.39. The van der Waals surface area contributed by atoms with E-state index in [1.165, 1.54) is 30.5 Å². The molecule has 2 aromatic heterocycles. The van der Waals surface area contributed by atoms with Crippen LogP contribution in [0.4, 0.5) is 5.69 Å². The minimum atomic E-state index is -2.12. The average Bonchev–Trinajstić information content (AvgIpc) is 3.67. The second-order valence-electron chi connectivity index (χ2n) is 15.1. The summed E-state index contributed by atoms with van der Waals surface area (Å²) < 4.78 is 0. The third kappa shape index (κ3) is 19.0. The molecule has 18 N–H and O–H groups in total. The Morgan fingerprint density at radius 3 is 1.59 bits per heavy atom. The lowest BCUT2D eigenvalue weighted by Crippen LogP contribution is -2.60. The number of nitrogens with zero attached hydrogens (tertiary/aromatic N) is 2. The van der Waals surface area contributed by atoms with Crippen molar-refractivity contribution < 1.29 is 78.3 Å². The number of aromatic nitrogens is 4. The Balaban J connectivity index is 1.82. The standard InChI is InChI=1S/C39H50N14O17S/c40-39(41)42-9-1-2-19(32(63)48-22(11-27(58)59)35(66)50-23(12-28(60)61)36(67)51-24(15-71)38(69)70)47-34(65)21(10-26(56)57)49-33(64)20(7-8-25(54)55)46-31(62)16-3-5-17(6-4-16)43-13-18-14-44-30-29(45-18)37(68)53-52-30/h3-6,14,19-24,43,71H,1-2,7-13,15H2,(H,46,62)(H,47,65)(H,48,63)(H,49,64)(H,50,66)(H,51,67)(H,54,55)(H,56,57)(H,58,59)(H,60,61)(H,69,70)(H4,40,41,42)(H2,44,52,53,68)/t19-,20-,21-,22-,23-,24-/m0/s1. The van der Waals surface area contributed by atoms with E-state index in [4.69, 9.17) is 11.1 Å². The van der Waals surface area contributed by atoms with Crippen molar-refractivity contribution in [3.05, 3.63) is 52.1 Å². The van der Waals surface area contributed by atoms with Crippen LogP contribution in [-0.2, 0) is 54.5 Å². The summed E-state index contributed by atoms with van der Waals surface area (Å²) in [4.78, 5) is 159. The second-order valence-corrected chi connectivity index (χ2v) is 15.5. The van der Waals surface area contributed by atoms with Crippen LogP contribution in [0.2, 0.25) is 0 Å². The topological polar surface area (TPSA) is 509 Å². The van der Waals surface area contributed by atoms with Gasteiger partial charge in [-0.15, -0.1) is 0 Å². The molecule has 0 bridgehead atoms. The summed E-state index contributed by atoms with van der Waals surface area (Å²) in [5, 5.41) is 77.6. The van der Waals surface area contributed by atoms with Crippen molar-refractivity contribution in [3.63, 3.8) is 0 Å². The fraction of sp³-hybridized carbons (Fsp3) is 0.410.